The number of nitrogens with one attached hydrogen (secondary N) is 6. The number of pyridine rings is 6. The van der Waals surface area contributed by atoms with E-state index in [2.05, 4.69) is 82.7 Å². The van der Waals surface area contributed by atoms with E-state index in [-0.39, 0.29) is 0 Å². The van der Waals surface area contributed by atoms with Gasteiger partial charge in [0.1, 0.15) is 77.8 Å². The summed E-state index contributed by atoms with van der Waals surface area (Å²) >= 11 is 6.59. The number of H-pyrrole nitrogens is 3. The second-order valence-electron chi connectivity index (χ2n) is 23.7. The minimum absolute atomic E-state index is 0.315. The summed E-state index contributed by atoms with van der Waals surface area (Å²) in [6.07, 6.45) is 21.4. The fourth-order valence-corrected chi connectivity index (χ4v) is 11.4. The van der Waals surface area contributed by atoms with Crippen molar-refractivity contribution in [3.8, 4) is 51.4 Å². The Hall–Kier alpha value is -11.7. The van der Waals surface area contributed by atoms with Crippen LogP contribution >= 0.6 is 11.6 Å². The number of benzene rings is 6. The van der Waals surface area contributed by atoms with Crippen molar-refractivity contribution in [2.75, 3.05) is 97.7 Å². The van der Waals surface area contributed by atoms with Gasteiger partial charge in [-0.2, -0.15) is 0 Å². The average Bonchev–Trinajstić information content (AvgIpc) is 1.07. The summed E-state index contributed by atoms with van der Waals surface area (Å²) in [5, 5.41) is 19.4. The molecule has 0 radical (unpaired) electrons. The van der Waals surface area contributed by atoms with E-state index in [9.17, 15) is 4.39 Å². The van der Waals surface area contributed by atoms with Crippen LogP contribution < -0.4 is 30.2 Å². The molecule has 0 aliphatic rings. The molecule has 9 aromatic heterocycles. The number of hydrogen-bond donors (Lipinski definition) is 6. The number of likely N-dealkylation sites (N-methyl/N-ethyl adjacent to an activating group) is 3. The third kappa shape index (κ3) is 14.9. The number of anilines is 6. The molecule has 21 nitrogen and oxygen atoms in total. The molecule has 9 heterocycles. The lowest BCUT2D eigenvalue weighted by atomic mass is 10.0. The minimum Gasteiger partial charge on any atom is -0.492 e. The van der Waals surface area contributed by atoms with Crippen LogP contribution in [0.4, 0.5) is 38.9 Å². The summed E-state index contributed by atoms with van der Waals surface area (Å²) in [6, 6.07) is 42.3. The van der Waals surface area contributed by atoms with Crippen molar-refractivity contribution < 1.29 is 18.6 Å². The van der Waals surface area contributed by atoms with E-state index in [1.54, 1.807) is 67.9 Å². The number of aromatic amines is 3. The number of imidazole rings is 3. The molecule has 98 heavy (non-hydrogen) atoms. The number of nitrogens with zero attached hydrogens (tertiary/aromatic N) is 12. The molecule has 0 saturated heterocycles. The van der Waals surface area contributed by atoms with Gasteiger partial charge in [0.15, 0.2) is 0 Å². The third-order valence-electron chi connectivity index (χ3n) is 16.1. The number of ether oxygens (including phenoxy) is 3. The van der Waals surface area contributed by atoms with Gasteiger partial charge in [0.2, 0.25) is 0 Å². The van der Waals surface area contributed by atoms with Gasteiger partial charge in [-0.25, -0.2) is 34.3 Å². The van der Waals surface area contributed by atoms with Gasteiger partial charge in [-0.05, 0) is 127 Å². The van der Waals surface area contributed by atoms with Crippen molar-refractivity contribution in [1.29, 1.82) is 0 Å². The number of hydrogen-bond acceptors (Lipinski definition) is 18. The summed E-state index contributed by atoms with van der Waals surface area (Å²) < 4.78 is 32.2. The molecule has 0 fully saturated rings. The summed E-state index contributed by atoms with van der Waals surface area (Å²) in [5.74, 6) is 5.92. The Labute approximate surface area is 569 Å². The molecular weight excluding hydrogens is 1260 g/mol. The standard InChI is InChI=1S/C25H23ClN6O.C25H23FN6O.C25H24N6O/c2*1-32(2)12-13-33-16-6-7-22(21(26)14-16)30-25-18-8-9-27-15-20(18)17-4-3-5-19(23(17)31-25)24-28-10-11-29-24;1-31(2)14-15-32-18-8-6-17(7-9-18)29-25-20-10-11-26-16-22(20)19-4-3-5-21(23(19)30-25)24-27-12-13-28-24/h2*3-11,14-15H,12-13H2,1-2H3,(H,28,29)(H,30,31);3-13,16H,14-15H2,1-2H3,(H,27,28)(H,29,30). The molecule has 0 amide bonds. The second kappa shape index (κ2) is 29.9. The van der Waals surface area contributed by atoms with E-state index >= 15 is 0 Å². The molecule has 0 aliphatic heterocycles. The second-order valence-corrected chi connectivity index (χ2v) is 24.1. The number of fused-ring (bicyclic) bond motifs is 9. The fourth-order valence-electron chi connectivity index (χ4n) is 11.1. The number of halogens is 2. The highest BCUT2D eigenvalue weighted by atomic mass is 35.5. The van der Waals surface area contributed by atoms with Crippen LogP contribution in [0.1, 0.15) is 0 Å². The van der Waals surface area contributed by atoms with E-state index in [1.165, 1.54) is 6.07 Å². The molecule has 0 saturated carbocycles. The van der Waals surface area contributed by atoms with Gasteiger partial charge < -0.3 is 59.8 Å². The Bertz CT molecular complexity index is 5000. The number of aromatic nitrogens is 12. The molecule has 15 rings (SSSR count). The maximum absolute atomic E-state index is 14.9. The van der Waals surface area contributed by atoms with Crippen molar-refractivity contribution in [2.24, 2.45) is 0 Å². The highest BCUT2D eigenvalue weighted by molar-refractivity contribution is 6.33. The van der Waals surface area contributed by atoms with Crippen LogP contribution in [0.3, 0.4) is 0 Å². The van der Waals surface area contributed by atoms with E-state index < -0.39 is 5.82 Å². The summed E-state index contributed by atoms with van der Waals surface area (Å²) in [5.41, 5.74) is 7.17. The highest BCUT2D eigenvalue weighted by Gasteiger charge is 2.19. The lowest BCUT2D eigenvalue weighted by Gasteiger charge is -2.15. The van der Waals surface area contributed by atoms with E-state index in [0.29, 0.717) is 53.7 Å². The van der Waals surface area contributed by atoms with Crippen LogP contribution in [0, 0.1) is 5.82 Å². The zero-order valence-corrected chi connectivity index (χ0v) is 55.5. The Balaban J connectivity index is 0.000000132. The highest BCUT2D eigenvalue weighted by Crippen LogP contribution is 2.40. The van der Waals surface area contributed by atoms with Crippen LogP contribution in [0.15, 0.2) is 208 Å². The Morgan fingerprint density at radius 3 is 1.16 bits per heavy atom. The quantitative estimate of drug-likeness (QED) is 0.0367. The van der Waals surface area contributed by atoms with Crippen LogP contribution in [-0.4, -0.2) is 156 Å². The molecule has 0 spiro atoms. The van der Waals surface area contributed by atoms with Crippen LogP contribution in [0.5, 0.6) is 17.2 Å². The zero-order chi connectivity index (χ0) is 67.5. The number of rotatable bonds is 21. The fraction of sp³-hybridized carbons (Fsp3) is 0.160. The predicted molar refractivity (Wildman–Crippen MR) is 390 cm³/mol. The van der Waals surface area contributed by atoms with Gasteiger partial charge in [0.25, 0.3) is 0 Å². The first-order valence-electron chi connectivity index (χ1n) is 31.7. The molecular formula is C75H70ClFN18O3. The van der Waals surface area contributed by atoms with E-state index in [0.717, 1.165) is 142 Å². The molecule has 0 bridgehead atoms. The van der Waals surface area contributed by atoms with E-state index in [1.807, 2.05) is 169 Å². The Kier molecular flexibility index (Phi) is 19.9. The monoisotopic (exact) mass is 1320 g/mol. The SMILES string of the molecule is CN(C)CCOc1ccc(Nc2nc3c(-c4ncc[nH]4)cccc3c3cnccc23)c(Cl)c1.CN(C)CCOc1ccc(Nc2nc3c(-c4ncc[nH]4)cccc3c3cnccc23)c(F)c1.CN(C)CCOc1ccc(Nc2nc3c(-c4ncc[nH]4)cccc3c3cnccc23)cc1. The van der Waals surface area contributed by atoms with Gasteiger partial charge in [-0.1, -0.05) is 48.0 Å². The van der Waals surface area contributed by atoms with Gasteiger partial charge in [-0.3, -0.25) is 15.0 Å². The first-order chi connectivity index (χ1) is 47.9. The van der Waals surface area contributed by atoms with Gasteiger partial charge in [0.05, 0.1) is 32.9 Å². The van der Waals surface area contributed by atoms with Crippen molar-refractivity contribution in [2.45, 2.75) is 0 Å². The summed E-state index contributed by atoms with van der Waals surface area (Å²) in [7, 11) is 12.0. The maximum Gasteiger partial charge on any atom is 0.150 e. The topological polar surface area (TPSA) is 237 Å². The van der Waals surface area contributed by atoms with Crippen molar-refractivity contribution >= 4 is 111 Å². The normalized spacial score (nSPS) is 11.4. The first kappa shape index (κ1) is 65.0. The largest absolute Gasteiger partial charge is 0.492 e. The Morgan fingerprint density at radius 2 is 0.776 bits per heavy atom. The van der Waals surface area contributed by atoms with Crippen molar-refractivity contribution in [1.82, 2.24) is 74.5 Å². The lowest BCUT2D eigenvalue weighted by Crippen LogP contribution is -2.19. The molecule has 492 valence electrons. The van der Waals surface area contributed by atoms with Gasteiger partial charge in [0, 0.05) is 177 Å². The Morgan fingerprint density at radius 1 is 0.398 bits per heavy atom. The van der Waals surface area contributed by atoms with Crippen LogP contribution in [-0.2, 0) is 0 Å². The lowest BCUT2D eigenvalue weighted by molar-refractivity contribution is 0.260. The average molecular weight is 1330 g/mol. The molecule has 6 N–H and O–H groups in total. The molecule has 0 aliphatic carbocycles. The first-order valence-corrected chi connectivity index (χ1v) is 32.1. The van der Waals surface area contributed by atoms with Crippen LogP contribution in [0.2, 0.25) is 5.02 Å². The van der Waals surface area contributed by atoms with Gasteiger partial charge in [-0.15, -0.1) is 0 Å². The number of para-hydroxylation sites is 3. The minimum atomic E-state index is -0.416. The smallest absolute Gasteiger partial charge is 0.150 e. The van der Waals surface area contributed by atoms with E-state index in [4.69, 9.17) is 40.8 Å². The predicted octanol–water partition coefficient (Wildman–Crippen LogP) is 15.4. The summed E-state index contributed by atoms with van der Waals surface area (Å²) in [6.45, 7) is 4.18. The zero-order valence-electron chi connectivity index (χ0n) is 54.7. The molecule has 0 atom stereocenters. The molecule has 0 unspecified atom stereocenters. The molecule has 23 heteroatoms. The molecule has 15 aromatic rings. The summed E-state index contributed by atoms with van der Waals surface area (Å²) in [4.78, 5) is 56.8. The van der Waals surface area contributed by atoms with Crippen molar-refractivity contribution in [3.05, 3.63) is 219 Å². The van der Waals surface area contributed by atoms with Crippen molar-refractivity contribution in [3.63, 3.8) is 0 Å². The van der Waals surface area contributed by atoms with Crippen LogP contribution in [0.25, 0.3) is 99.2 Å². The molecule has 6 aromatic carbocycles. The maximum atomic E-state index is 14.9. The van der Waals surface area contributed by atoms with Gasteiger partial charge >= 0.3 is 0 Å². The third-order valence-corrected chi connectivity index (χ3v) is 16.4.